The van der Waals surface area contributed by atoms with E-state index in [1.807, 2.05) is 0 Å². The molecule has 1 aromatic rings. The molecular weight excluding hydrogens is 274 g/mol. The highest BCUT2D eigenvalue weighted by atomic mass is 19.1. The fourth-order valence-corrected chi connectivity index (χ4v) is 1.55. The van der Waals surface area contributed by atoms with Crippen LogP contribution in [0, 0.1) is 21.7 Å². The number of nitro benzene ring substituents is 1. The minimum atomic E-state index is -1.37. The average molecular weight is 288 g/mol. The van der Waals surface area contributed by atoms with E-state index in [4.69, 9.17) is 5.11 Å². The summed E-state index contributed by atoms with van der Waals surface area (Å²) in [6.45, 7) is 1.63. The lowest BCUT2D eigenvalue weighted by Crippen LogP contribution is -2.30. The number of hydrogen-bond donors (Lipinski definition) is 1. The molecule has 0 aliphatic heterocycles. The number of nitrogens with zero attached hydrogens (tertiary/aromatic N) is 2. The highest BCUT2D eigenvalue weighted by Gasteiger charge is 2.26. The lowest BCUT2D eigenvalue weighted by Gasteiger charge is -2.18. The second kappa shape index (κ2) is 6.38. The molecule has 0 saturated carbocycles. The molecule has 0 aromatic heterocycles. The van der Waals surface area contributed by atoms with Crippen molar-refractivity contribution in [3.8, 4) is 0 Å². The van der Waals surface area contributed by atoms with Gasteiger partial charge in [0.15, 0.2) is 0 Å². The first-order chi connectivity index (χ1) is 9.23. The van der Waals surface area contributed by atoms with Gasteiger partial charge < -0.3 is 10.0 Å². The van der Waals surface area contributed by atoms with Crippen LogP contribution in [0.2, 0.25) is 0 Å². The molecule has 0 heterocycles. The van der Waals surface area contributed by atoms with E-state index < -0.39 is 39.8 Å². The van der Waals surface area contributed by atoms with Gasteiger partial charge in [0.2, 0.25) is 5.82 Å². The largest absolute Gasteiger partial charge is 0.393 e. The van der Waals surface area contributed by atoms with E-state index in [0.717, 1.165) is 4.90 Å². The Balaban J connectivity index is 3.07. The third-order valence-corrected chi connectivity index (χ3v) is 2.67. The molecule has 1 unspecified atom stereocenters. The molecule has 1 aromatic carbocycles. The Hall–Kier alpha value is -2.09. The normalized spacial score (nSPS) is 12.1. The van der Waals surface area contributed by atoms with Crippen LogP contribution in [0.1, 0.15) is 23.7 Å². The highest BCUT2D eigenvalue weighted by Crippen LogP contribution is 2.23. The summed E-state index contributed by atoms with van der Waals surface area (Å²) in [5.74, 6) is -3.32. The molecular formula is C12H14F2N2O4. The van der Waals surface area contributed by atoms with Crippen molar-refractivity contribution in [1.82, 2.24) is 4.90 Å². The molecule has 0 aliphatic carbocycles. The lowest BCUT2D eigenvalue weighted by molar-refractivity contribution is -0.387. The minimum Gasteiger partial charge on any atom is -0.393 e. The Morgan fingerprint density at radius 3 is 2.60 bits per heavy atom. The summed E-state index contributed by atoms with van der Waals surface area (Å²) in [6, 6.07) is 1.03. The van der Waals surface area contributed by atoms with E-state index in [1.165, 1.54) is 14.0 Å². The number of aliphatic hydroxyl groups is 1. The summed E-state index contributed by atoms with van der Waals surface area (Å²) in [5.41, 5.74) is -1.79. The van der Waals surface area contributed by atoms with Crippen molar-refractivity contribution in [2.24, 2.45) is 0 Å². The minimum absolute atomic E-state index is 0.111. The number of nitro groups is 1. The van der Waals surface area contributed by atoms with Crippen molar-refractivity contribution in [3.05, 3.63) is 39.4 Å². The van der Waals surface area contributed by atoms with Crippen LogP contribution in [-0.2, 0) is 0 Å². The number of carbonyl (C=O) groups excluding carboxylic acids is 1. The summed E-state index contributed by atoms with van der Waals surface area (Å²) >= 11 is 0. The molecule has 0 bridgehead atoms. The summed E-state index contributed by atoms with van der Waals surface area (Å²) in [4.78, 5) is 22.5. The molecule has 20 heavy (non-hydrogen) atoms. The van der Waals surface area contributed by atoms with Gasteiger partial charge in [0.05, 0.1) is 22.7 Å². The Kier molecular flexibility index (Phi) is 5.09. The maximum absolute atomic E-state index is 13.8. The molecule has 8 heteroatoms. The van der Waals surface area contributed by atoms with Crippen LogP contribution >= 0.6 is 0 Å². The Bertz CT molecular complexity index is 534. The number of benzene rings is 1. The van der Waals surface area contributed by atoms with E-state index in [9.17, 15) is 23.7 Å². The smallest absolute Gasteiger partial charge is 0.308 e. The molecule has 1 amide bonds. The van der Waals surface area contributed by atoms with Crippen LogP contribution in [0.3, 0.4) is 0 Å². The predicted molar refractivity (Wildman–Crippen MR) is 66.3 cm³/mol. The van der Waals surface area contributed by atoms with E-state index in [-0.39, 0.29) is 13.0 Å². The summed E-state index contributed by atoms with van der Waals surface area (Å²) in [5, 5.41) is 19.7. The first kappa shape index (κ1) is 16.0. The second-order valence-corrected chi connectivity index (χ2v) is 4.41. The summed E-state index contributed by atoms with van der Waals surface area (Å²) in [7, 11) is 1.33. The van der Waals surface area contributed by atoms with Crippen molar-refractivity contribution in [3.63, 3.8) is 0 Å². The van der Waals surface area contributed by atoms with Crippen molar-refractivity contribution in [2.75, 3.05) is 13.6 Å². The molecule has 1 rings (SSSR count). The molecule has 0 spiro atoms. The van der Waals surface area contributed by atoms with Crippen LogP contribution in [0.25, 0.3) is 0 Å². The quantitative estimate of drug-likeness (QED) is 0.660. The molecule has 6 nitrogen and oxygen atoms in total. The fraction of sp³-hybridized carbons (Fsp3) is 0.417. The Morgan fingerprint density at radius 1 is 1.50 bits per heavy atom. The zero-order chi connectivity index (χ0) is 15.4. The third-order valence-electron chi connectivity index (χ3n) is 2.67. The van der Waals surface area contributed by atoms with E-state index in [2.05, 4.69) is 0 Å². The van der Waals surface area contributed by atoms with Gasteiger partial charge in [-0.15, -0.1) is 0 Å². The monoisotopic (exact) mass is 288 g/mol. The first-order valence-corrected chi connectivity index (χ1v) is 5.81. The molecule has 1 N–H and O–H groups in total. The average Bonchev–Trinajstić information content (AvgIpc) is 2.36. The molecule has 0 saturated heterocycles. The number of carbonyl (C=O) groups is 1. The van der Waals surface area contributed by atoms with Gasteiger partial charge >= 0.3 is 5.69 Å². The van der Waals surface area contributed by atoms with Crippen LogP contribution in [0.15, 0.2) is 12.1 Å². The zero-order valence-electron chi connectivity index (χ0n) is 11.0. The van der Waals surface area contributed by atoms with Gasteiger partial charge in [-0.25, -0.2) is 4.39 Å². The molecule has 0 fully saturated rings. The maximum Gasteiger partial charge on any atom is 0.308 e. The topological polar surface area (TPSA) is 83.7 Å². The molecule has 0 aliphatic rings. The van der Waals surface area contributed by atoms with Crippen LogP contribution in [0.5, 0.6) is 0 Å². The molecule has 1 atom stereocenters. The first-order valence-electron chi connectivity index (χ1n) is 5.81. The summed E-state index contributed by atoms with van der Waals surface area (Å²) in [6.07, 6.45) is -0.404. The van der Waals surface area contributed by atoms with E-state index >= 15 is 0 Å². The van der Waals surface area contributed by atoms with Gasteiger partial charge in [-0.05, 0) is 19.4 Å². The predicted octanol–water partition coefficient (Wildman–Crippen LogP) is 1.72. The highest BCUT2D eigenvalue weighted by molar-refractivity contribution is 5.95. The molecule has 110 valence electrons. The van der Waals surface area contributed by atoms with Crippen LogP contribution < -0.4 is 0 Å². The molecule has 0 radical (unpaired) electrons. The standard InChI is InChI=1S/C12H14F2N2O4/c1-7(17)3-4-15(2)12(18)9-5-8(13)6-10(11(9)14)16(19)20/h5-7,17H,3-4H2,1-2H3. The number of rotatable bonds is 5. The van der Waals surface area contributed by atoms with E-state index in [0.29, 0.717) is 12.1 Å². The maximum atomic E-state index is 13.8. The number of aliphatic hydroxyl groups excluding tert-OH is 1. The van der Waals surface area contributed by atoms with Gasteiger partial charge in [-0.2, -0.15) is 4.39 Å². The summed E-state index contributed by atoms with van der Waals surface area (Å²) < 4.78 is 27.0. The number of hydrogen-bond acceptors (Lipinski definition) is 4. The van der Waals surface area contributed by atoms with Gasteiger partial charge in [0.25, 0.3) is 5.91 Å². The number of amides is 1. The number of halogens is 2. The van der Waals surface area contributed by atoms with Crippen molar-refractivity contribution >= 4 is 11.6 Å². The van der Waals surface area contributed by atoms with Crippen LogP contribution in [-0.4, -0.2) is 40.5 Å². The zero-order valence-corrected chi connectivity index (χ0v) is 11.0. The van der Waals surface area contributed by atoms with Crippen molar-refractivity contribution < 1.29 is 23.6 Å². The Labute approximate surface area is 113 Å². The van der Waals surface area contributed by atoms with Gasteiger partial charge in [0.1, 0.15) is 5.82 Å². The SMILES string of the molecule is CC(O)CCN(C)C(=O)c1cc(F)cc([N+](=O)[O-])c1F. The third kappa shape index (κ3) is 3.70. The van der Waals surface area contributed by atoms with E-state index in [1.54, 1.807) is 0 Å². The lowest BCUT2D eigenvalue weighted by atomic mass is 10.1. The van der Waals surface area contributed by atoms with Gasteiger partial charge in [-0.3, -0.25) is 14.9 Å². The fourth-order valence-electron chi connectivity index (χ4n) is 1.55. The van der Waals surface area contributed by atoms with Gasteiger partial charge in [-0.1, -0.05) is 0 Å². The van der Waals surface area contributed by atoms with Crippen molar-refractivity contribution in [1.29, 1.82) is 0 Å². The second-order valence-electron chi connectivity index (χ2n) is 4.41. The van der Waals surface area contributed by atoms with Crippen LogP contribution in [0.4, 0.5) is 14.5 Å². The Morgan fingerprint density at radius 2 is 2.10 bits per heavy atom. The van der Waals surface area contributed by atoms with Crippen molar-refractivity contribution in [2.45, 2.75) is 19.4 Å². The van der Waals surface area contributed by atoms with Gasteiger partial charge in [0, 0.05) is 13.6 Å².